The molecule has 1 aromatic heterocycles. The number of aromatic nitrogens is 1. The highest BCUT2D eigenvalue weighted by atomic mass is 35.5. The Morgan fingerprint density at radius 2 is 1.95 bits per heavy atom. The van der Waals surface area contributed by atoms with Crippen LogP contribution in [0, 0.1) is 0 Å². The molecule has 2 aromatic rings. The molecule has 0 spiro atoms. The molecule has 0 saturated heterocycles. The Bertz CT molecular complexity index is 583. The molecule has 0 bridgehead atoms. The van der Waals surface area contributed by atoms with Crippen molar-refractivity contribution in [2.45, 2.75) is 0 Å². The zero-order valence-electron chi connectivity index (χ0n) is 10.2. The Labute approximate surface area is 136 Å². The van der Waals surface area contributed by atoms with Crippen LogP contribution in [0.2, 0.25) is 10.0 Å². The molecule has 4 nitrogen and oxygen atoms in total. The van der Waals surface area contributed by atoms with Crippen LogP contribution in [0.25, 0.3) is 10.4 Å². The number of benzene rings is 1. The molecule has 3 N–H and O–H groups in total. The fraction of sp³-hybridized carbons (Fsp3) is 0.167. The smallest absolute Gasteiger partial charge is 0.271 e. The van der Waals surface area contributed by atoms with Gasteiger partial charge in [0.1, 0.15) is 5.69 Å². The van der Waals surface area contributed by atoms with Gasteiger partial charge in [-0.15, -0.1) is 23.7 Å². The van der Waals surface area contributed by atoms with E-state index in [1.165, 1.54) is 11.3 Å². The monoisotopic (exact) mass is 351 g/mol. The summed E-state index contributed by atoms with van der Waals surface area (Å²) in [5.41, 5.74) is 8.10. The second kappa shape index (κ2) is 7.81. The number of nitrogens with one attached hydrogen (secondary N) is 1. The number of carbonyl (C=O) groups is 1. The van der Waals surface area contributed by atoms with Crippen molar-refractivity contribution in [1.82, 2.24) is 10.3 Å². The van der Waals surface area contributed by atoms with Crippen molar-refractivity contribution < 1.29 is 4.79 Å². The van der Waals surface area contributed by atoms with Gasteiger partial charge in [0.2, 0.25) is 0 Å². The number of hydrogen-bond acceptors (Lipinski definition) is 4. The van der Waals surface area contributed by atoms with Crippen LogP contribution in [-0.4, -0.2) is 24.0 Å². The molecule has 0 aliphatic rings. The van der Waals surface area contributed by atoms with Gasteiger partial charge in [0.25, 0.3) is 5.91 Å². The highest BCUT2D eigenvalue weighted by molar-refractivity contribution is 7.13. The van der Waals surface area contributed by atoms with Crippen molar-refractivity contribution in [2.75, 3.05) is 13.1 Å². The van der Waals surface area contributed by atoms with Crippen LogP contribution < -0.4 is 11.1 Å². The maximum Gasteiger partial charge on any atom is 0.271 e. The first-order valence-electron chi connectivity index (χ1n) is 5.50. The summed E-state index contributed by atoms with van der Waals surface area (Å²) in [5, 5.41) is 3.72. The number of amides is 1. The summed E-state index contributed by atoms with van der Waals surface area (Å²) in [6, 6.07) is 5.14. The minimum Gasteiger partial charge on any atom is -0.349 e. The van der Waals surface area contributed by atoms with E-state index >= 15 is 0 Å². The Kier molecular flexibility index (Phi) is 6.71. The third kappa shape index (κ3) is 4.07. The Hall–Kier alpha value is -0.850. The first-order chi connectivity index (χ1) is 9.11. The van der Waals surface area contributed by atoms with E-state index in [4.69, 9.17) is 28.9 Å². The molecule has 0 saturated carbocycles. The fourth-order valence-corrected chi connectivity index (χ4v) is 2.87. The van der Waals surface area contributed by atoms with Gasteiger partial charge in [-0.05, 0) is 23.8 Å². The lowest BCUT2D eigenvalue weighted by atomic mass is 10.1. The van der Waals surface area contributed by atoms with E-state index in [0.29, 0.717) is 28.8 Å². The average Bonchev–Trinajstić information content (AvgIpc) is 2.84. The molecule has 0 unspecified atom stereocenters. The van der Waals surface area contributed by atoms with E-state index < -0.39 is 0 Å². The number of thiazole rings is 1. The van der Waals surface area contributed by atoms with E-state index in [0.717, 1.165) is 10.4 Å². The summed E-state index contributed by atoms with van der Waals surface area (Å²) < 4.78 is 0. The van der Waals surface area contributed by atoms with Gasteiger partial charge in [-0.25, -0.2) is 4.98 Å². The average molecular weight is 353 g/mol. The number of nitrogens with zero attached hydrogens (tertiary/aromatic N) is 1. The van der Waals surface area contributed by atoms with Gasteiger partial charge in [0, 0.05) is 23.1 Å². The quantitative estimate of drug-likeness (QED) is 0.887. The van der Waals surface area contributed by atoms with Gasteiger partial charge in [-0.1, -0.05) is 23.2 Å². The van der Waals surface area contributed by atoms with Gasteiger partial charge >= 0.3 is 0 Å². The molecule has 108 valence electrons. The molecule has 1 heterocycles. The summed E-state index contributed by atoms with van der Waals surface area (Å²) in [6.07, 6.45) is 0. The third-order valence-electron chi connectivity index (χ3n) is 2.34. The minimum absolute atomic E-state index is 0. The molecule has 20 heavy (non-hydrogen) atoms. The summed E-state index contributed by atoms with van der Waals surface area (Å²) >= 11 is 13.3. The van der Waals surface area contributed by atoms with Crippen LogP contribution in [-0.2, 0) is 0 Å². The second-order valence-electron chi connectivity index (χ2n) is 3.73. The van der Waals surface area contributed by atoms with Crippen LogP contribution in [0.3, 0.4) is 0 Å². The Balaban J connectivity index is 0.00000200. The number of rotatable bonds is 4. The molecule has 1 aromatic carbocycles. The van der Waals surface area contributed by atoms with Gasteiger partial charge < -0.3 is 11.1 Å². The molecule has 0 aliphatic heterocycles. The summed E-state index contributed by atoms with van der Waals surface area (Å²) in [6.45, 7) is 0.792. The Morgan fingerprint density at radius 1 is 1.30 bits per heavy atom. The lowest BCUT2D eigenvalue weighted by molar-refractivity contribution is 0.0951. The van der Waals surface area contributed by atoms with Crippen LogP contribution >= 0.6 is 46.9 Å². The first-order valence-corrected chi connectivity index (χ1v) is 7.13. The lowest BCUT2D eigenvalue weighted by Crippen LogP contribution is -2.29. The van der Waals surface area contributed by atoms with Crippen LogP contribution in [0.5, 0.6) is 0 Å². The first kappa shape index (κ1) is 17.2. The van der Waals surface area contributed by atoms with E-state index in [1.54, 1.807) is 23.7 Å². The molecule has 0 radical (unpaired) electrons. The van der Waals surface area contributed by atoms with Crippen molar-refractivity contribution >= 4 is 52.9 Å². The molecular weight excluding hydrogens is 341 g/mol. The summed E-state index contributed by atoms with van der Waals surface area (Å²) in [7, 11) is 0. The molecule has 8 heteroatoms. The van der Waals surface area contributed by atoms with Crippen molar-refractivity contribution in [3.63, 3.8) is 0 Å². The molecule has 0 fully saturated rings. The zero-order chi connectivity index (χ0) is 13.8. The van der Waals surface area contributed by atoms with Gasteiger partial charge in [0.05, 0.1) is 10.4 Å². The molecule has 0 atom stereocenters. The Morgan fingerprint density at radius 3 is 2.55 bits per heavy atom. The molecule has 2 rings (SSSR count). The van der Waals surface area contributed by atoms with Gasteiger partial charge in [-0.2, -0.15) is 0 Å². The van der Waals surface area contributed by atoms with Crippen molar-refractivity contribution in [3.05, 3.63) is 39.4 Å². The van der Waals surface area contributed by atoms with Crippen LogP contribution in [0.4, 0.5) is 0 Å². The number of carbonyl (C=O) groups excluding carboxylic acids is 1. The maximum atomic E-state index is 11.9. The number of nitrogens with two attached hydrogens (primary N) is 1. The second-order valence-corrected chi connectivity index (χ2v) is 5.46. The van der Waals surface area contributed by atoms with E-state index in [9.17, 15) is 4.79 Å². The highest BCUT2D eigenvalue weighted by Gasteiger charge is 2.16. The van der Waals surface area contributed by atoms with Crippen LogP contribution in [0.1, 0.15) is 10.5 Å². The van der Waals surface area contributed by atoms with Crippen molar-refractivity contribution in [1.29, 1.82) is 0 Å². The zero-order valence-corrected chi connectivity index (χ0v) is 13.4. The van der Waals surface area contributed by atoms with Gasteiger partial charge in [-0.3, -0.25) is 4.79 Å². The fourth-order valence-electron chi connectivity index (χ4n) is 1.57. The SMILES string of the molecule is Cl.NCCNC(=O)c1ncsc1-c1cc(Cl)cc(Cl)c1. The van der Waals surface area contributed by atoms with Crippen molar-refractivity contribution in [2.24, 2.45) is 5.73 Å². The highest BCUT2D eigenvalue weighted by Crippen LogP contribution is 2.32. The lowest BCUT2D eigenvalue weighted by Gasteiger charge is -2.05. The largest absolute Gasteiger partial charge is 0.349 e. The molecular formula is C12H12Cl3N3OS. The van der Waals surface area contributed by atoms with Crippen molar-refractivity contribution in [3.8, 4) is 10.4 Å². The topological polar surface area (TPSA) is 68.0 Å². The van der Waals surface area contributed by atoms with E-state index in [1.807, 2.05) is 0 Å². The molecule has 1 amide bonds. The standard InChI is InChI=1S/C12H11Cl2N3OS.ClH/c13-8-3-7(4-9(14)5-8)11-10(17-6-19-11)12(18)16-2-1-15;/h3-6H,1-2,15H2,(H,16,18);1H. The summed E-state index contributed by atoms with van der Waals surface area (Å²) in [5.74, 6) is -0.252. The molecule has 0 aliphatic carbocycles. The normalized spacial score (nSPS) is 9.95. The number of hydrogen-bond donors (Lipinski definition) is 2. The third-order valence-corrected chi connectivity index (χ3v) is 3.65. The van der Waals surface area contributed by atoms with E-state index in [2.05, 4.69) is 10.3 Å². The maximum absolute atomic E-state index is 11.9. The predicted molar refractivity (Wildman–Crippen MR) is 86.2 cm³/mol. The van der Waals surface area contributed by atoms with Crippen LogP contribution in [0.15, 0.2) is 23.7 Å². The minimum atomic E-state index is -0.252. The van der Waals surface area contributed by atoms with Gasteiger partial charge in [0.15, 0.2) is 0 Å². The van der Waals surface area contributed by atoms with E-state index in [-0.39, 0.29) is 18.3 Å². The summed E-state index contributed by atoms with van der Waals surface area (Å²) in [4.78, 5) is 16.8. The predicted octanol–water partition coefficient (Wildman–Crippen LogP) is 3.23. The number of halogens is 3.